The van der Waals surface area contributed by atoms with Crippen molar-refractivity contribution in [2.75, 3.05) is 13.2 Å². The Kier molecular flexibility index (Phi) is 11.7. The number of esters is 1. The van der Waals surface area contributed by atoms with Gasteiger partial charge in [-0.2, -0.15) is 0 Å². The van der Waals surface area contributed by atoms with E-state index < -0.39 is 12.0 Å². The van der Waals surface area contributed by atoms with Gasteiger partial charge in [-0.25, -0.2) is 0 Å². The lowest BCUT2D eigenvalue weighted by Gasteiger charge is -2.25. The molecule has 2 rings (SSSR count). The van der Waals surface area contributed by atoms with E-state index >= 15 is 0 Å². The van der Waals surface area contributed by atoms with E-state index in [0.29, 0.717) is 19.3 Å². The molecular formula is C26H38N2O5. The molecule has 3 atom stereocenters. The highest BCUT2D eigenvalue weighted by atomic mass is 16.5. The van der Waals surface area contributed by atoms with E-state index in [0.717, 1.165) is 24.8 Å². The summed E-state index contributed by atoms with van der Waals surface area (Å²) in [5, 5.41) is 15.6. The summed E-state index contributed by atoms with van der Waals surface area (Å²) in [6.45, 7) is 3.86. The molecule has 0 fully saturated rings. The predicted molar refractivity (Wildman–Crippen MR) is 127 cm³/mol. The molecule has 0 saturated carbocycles. The van der Waals surface area contributed by atoms with Crippen LogP contribution in [0.3, 0.4) is 0 Å². The van der Waals surface area contributed by atoms with Gasteiger partial charge in [0.2, 0.25) is 11.8 Å². The number of hydrogen-bond acceptors (Lipinski definition) is 5. The first-order chi connectivity index (χ1) is 15.9. The topological polar surface area (TPSA) is 105 Å². The second-order valence-electron chi connectivity index (χ2n) is 9.03. The largest absolute Gasteiger partial charge is 0.463 e. The third-order valence-electron chi connectivity index (χ3n) is 5.86. The van der Waals surface area contributed by atoms with Crippen molar-refractivity contribution in [3.8, 4) is 0 Å². The first-order valence-electron chi connectivity index (χ1n) is 11.9. The summed E-state index contributed by atoms with van der Waals surface area (Å²) >= 11 is 0. The van der Waals surface area contributed by atoms with Crippen molar-refractivity contribution in [3.63, 3.8) is 0 Å². The van der Waals surface area contributed by atoms with E-state index in [9.17, 15) is 19.5 Å². The van der Waals surface area contributed by atoms with Gasteiger partial charge in [0.05, 0.1) is 24.6 Å². The number of carbonyl (C=O) groups is 3. The molecule has 2 amide bonds. The highest BCUT2D eigenvalue weighted by Gasteiger charge is 2.26. The van der Waals surface area contributed by atoms with Gasteiger partial charge >= 0.3 is 5.97 Å². The number of rotatable bonds is 7. The van der Waals surface area contributed by atoms with Crippen LogP contribution in [0.15, 0.2) is 42.5 Å². The summed E-state index contributed by atoms with van der Waals surface area (Å²) in [4.78, 5) is 37.8. The van der Waals surface area contributed by atoms with Gasteiger partial charge in [0.1, 0.15) is 6.61 Å². The average Bonchev–Trinajstić information content (AvgIpc) is 2.79. The Bertz CT molecular complexity index is 778. The van der Waals surface area contributed by atoms with Crippen molar-refractivity contribution in [3.05, 3.63) is 48.0 Å². The lowest BCUT2D eigenvalue weighted by Crippen LogP contribution is -2.46. The molecule has 182 valence electrons. The molecule has 3 N–H and O–H groups in total. The minimum atomic E-state index is -0.544. The first-order valence-corrected chi connectivity index (χ1v) is 11.9. The van der Waals surface area contributed by atoms with Gasteiger partial charge in [-0.1, -0.05) is 56.3 Å². The van der Waals surface area contributed by atoms with Crippen LogP contribution in [0.1, 0.15) is 57.9 Å². The Morgan fingerprint density at radius 3 is 2.64 bits per heavy atom. The quantitative estimate of drug-likeness (QED) is 0.430. The van der Waals surface area contributed by atoms with Gasteiger partial charge in [0.25, 0.3) is 0 Å². The van der Waals surface area contributed by atoms with E-state index in [4.69, 9.17) is 4.74 Å². The molecule has 1 aromatic carbocycles. The summed E-state index contributed by atoms with van der Waals surface area (Å²) in [7, 11) is 0. The molecule has 1 aromatic rings. The number of aliphatic hydroxyl groups excluding tert-OH is 1. The third kappa shape index (κ3) is 10.2. The van der Waals surface area contributed by atoms with Crippen LogP contribution in [0.25, 0.3) is 0 Å². The van der Waals surface area contributed by atoms with Crippen LogP contribution in [0.2, 0.25) is 0 Å². The van der Waals surface area contributed by atoms with Crippen LogP contribution >= 0.6 is 0 Å². The zero-order valence-electron chi connectivity index (χ0n) is 19.8. The summed E-state index contributed by atoms with van der Waals surface area (Å²) in [6.07, 6.45) is 7.75. The molecule has 7 nitrogen and oxygen atoms in total. The summed E-state index contributed by atoms with van der Waals surface area (Å²) < 4.78 is 5.37. The van der Waals surface area contributed by atoms with Gasteiger partial charge in [0, 0.05) is 12.8 Å². The fourth-order valence-electron chi connectivity index (χ4n) is 3.72. The van der Waals surface area contributed by atoms with Gasteiger partial charge in [-0.15, -0.1) is 0 Å². The van der Waals surface area contributed by atoms with E-state index in [2.05, 4.69) is 10.6 Å². The molecule has 1 heterocycles. The van der Waals surface area contributed by atoms with Crippen molar-refractivity contribution in [1.82, 2.24) is 10.6 Å². The lowest BCUT2D eigenvalue weighted by atomic mass is 9.96. The minimum absolute atomic E-state index is 0.0199. The van der Waals surface area contributed by atoms with Crippen LogP contribution in [-0.2, 0) is 25.5 Å². The monoisotopic (exact) mass is 458 g/mol. The third-order valence-corrected chi connectivity index (χ3v) is 5.86. The minimum Gasteiger partial charge on any atom is -0.463 e. The number of hydrogen-bond donors (Lipinski definition) is 3. The molecule has 0 spiro atoms. The highest BCUT2D eigenvalue weighted by Crippen LogP contribution is 2.15. The van der Waals surface area contributed by atoms with Gasteiger partial charge in [-0.05, 0) is 43.6 Å². The van der Waals surface area contributed by atoms with Crippen molar-refractivity contribution in [2.24, 2.45) is 11.8 Å². The Morgan fingerprint density at radius 1 is 1.18 bits per heavy atom. The molecule has 33 heavy (non-hydrogen) atoms. The smallest absolute Gasteiger partial charge is 0.305 e. The van der Waals surface area contributed by atoms with Crippen molar-refractivity contribution in [2.45, 2.75) is 70.9 Å². The fourth-order valence-corrected chi connectivity index (χ4v) is 3.72. The molecule has 0 radical (unpaired) electrons. The Balaban J connectivity index is 2.04. The molecule has 0 aromatic heterocycles. The summed E-state index contributed by atoms with van der Waals surface area (Å²) in [5.74, 6) is -1.22. The maximum absolute atomic E-state index is 13.0. The molecule has 0 bridgehead atoms. The van der Waals surface area contributed by atoms with Gasteiger partial charge < -0.3 is 20.5 Å². The van der Waals surface area contributed by atoms with Crippen molar-refractivity contribution >= 4 is 17.8 Å². The van der Waals surface area contributed by atoms with E-state index in [1.54, 1.807) is 0 Å². The molecule has 1 aliphatic heterocycles. The number of allylic oxidation sites excluding steroid dienone is 2. The standard InChI is InChI=1S/C26H38N2O5/c1-19(2)23-18-33-25(31)14-10-5-3-4-9-13-21(26(32)28-23)16-24(30)27-22(17-29)15-20-11-7-6-8-12-20/h4,6-9,11-12,19,21-23,29H,3,5,10,13-18H2,1-2H3,(H,27,30)(H,28,32). The fraction of sp³-hybridized carbons (Fsp3) is 0.577. The SMILES string of the molecule is CC(C)C1COC(=O)CCCCC=CCC(CC(=O)NC(CO)Cc2ccccc2)C(=O)N1. The predicted octanol–water partition coefficient (Wildman–Crippen LogP) is 2.92. The molecule has 1 aliphatic rings. The van der Waals surface area contributed by atoms with Crippen LogP contribution in [0.4, 0.5) is 0 Å². The van der Waals surface area contributed by atoms with Crippen molar-refractivity contribution in [1.29, 1.82) is 0 Å². The van der Waals surface area contributed by atoms with Crippen LogP contribution in [-0.4, -0.2) is 48.2 Å². The first kappa shape index (κ1) is 26.6. The van der Waals surface area contributed by atoms with E-state index in [1.165, 1.54) is 0 Å². The number of carbonyl (C=O) groups excluding carboxylic acids is 3. The normalized spacial score (nSPS) is 21.6. The highest BCUT2D eigenvalue weighted by molar-refractivity contribution is 5.86. The maximum Gasteiger partial charge on any atom is 0.305 e. The van der Waals surface area contributed by atoms with Gasteiger partial charge in [-0.3, -0.25) is 14.4 Å². The van der Waals surface area contributed by atoms with E-state index in [-0.39, 0.29) is 49.4 Å². The Hall–Kier alpha value is -2.67. The maximum atomic E-state index is 13.0. The van der Waals surface area contributed by atoms with Crippen LogP contribution in [0, 0.1) is 11.8 Å². The second kappa shape index (κ2) is 14.5. The zero-order valence-corrected chi connectivity index (χ0v) is 19.8. The number of aliphatic hydroxyl groups is 1. The average molecular weight is 459 g/mol. The summed E-state index contributed by atoms with van der Waals surface area (Å²) in [6, 6.07) is 8.91. The molecular weight excluding hydrogens is 420 g/mol. The molecule has 0 aliphatic carbocycles. The number of nitrogens with one attached hydrogen (secondary N) is 2. The number of amides is 2. The molecule has 0 saturated heterocycles. The Labute approximate surface area is 197 Å². The van der Waals surface area contributed by atoms with Crippen LogP contribution < -0.4 is 10.6 Å². The number of ether oxygens (including phenoxy) is 1. The van der Waals surface area contributed by atoms with E-state index in [1.807, 2.05) is 56.3 Å². The number of benzene rings is 1. The summed E-state index contributed by atoms with van der Waals surface area (Å²) in [5.41, 5.74) is 1.02. The lowest BCUT2D eigenvalue weighted by molar-refractivity contribution is -0.145. The van der Waals surface area contributed by atoms with Crippen molar-refractivity contribution < 1.29 is 24.2 Å². The molecule has 3 unspecified atom stereocenters. The Morgan fingerprint density at radius 2 is 1.94 bits per heavy atom. The van der Waals surface area contributed by atoms with Crippen LogP contribution in [0.5, 0.6) is 0 Å². The second-order valence-corrected chi connectivity index (χ2v) is 9.03. The zero-order chi connectivity index (χ0) is 24.1. The molecule has 7 heteroatoms. The van der Waals surface area contributed by atoms with Gasteiger partial charge in [0.15, 0.2) is 0 Å². The number of cyclic esters (lactones) is 1.